The van der Waals surface area contributed by atoms with Gasteiger partial charge in [-0.25, -0.2) is 4.79 Å². The Morgan fingerprint density at radius 1 is 1.43 bits per heavy atom. The number of hydrogen-bond acceptors (Lipinski definition) is 3. The lowest BCUT2D eigenvalue weighted by Gasteiger charge is -2.15. The summed E-state index contributed by atoms with van der Waals surface area (Å²) in [6.07, 6.45) is 0.464. The highest BCUT2D eigenvalue weighted by Gasteiger charge is 2.20. The summed E-state index contributed by atoms with van der Waals surface area (Å²) in [6.45, 7) is 5.70. The molecule has 82 valence electrons. The van der Waals surface area contributed by atoms with Crippen molar-refractivity contribution in [2.75, 3.05) is 5.75 Å². The molecule has 2 N–H and O–H groups in total. The molecule has 0 aromatic heterocycles. The largest absolute Gasteiger partial charge is 0.480 e. The molecule has 0 aliphatic heterocycles. The number of thioether (sulfide) groups is 1. The lowest BCUT2D eigenvalue weighted by molar-refractivity contribution is -0.139. The van der Waals surface area contributed by atoms with Crippen LogP contribution in [0.15, 0.2) is 0 Å². The molecule has 5 heteroatoms. The van der Waals surface area contributed by atoms with E-state index in [9.17, 15) is 9.59 Å². The Labute approximate surface area is 88.4 Å². The van der Waals surface area contributed by atoms with Gasteiger partial charge in [-0.05, 0) is 18.1 Å². The minimum Gasteiger partial charge on any atom is -0.480 e. The van der Waals surface area contributed by atoms with Crippen LogP contribution in [0, 0.1) is 5.92 Å². The molecular weight excluding hydrogens is 202 g/mol. The summed E-state index contributed by atoms with van der Waals surface area (Å²) in [5.74, 6) is -0.0633. The number of carboxylic acid groups (broad SMARTS) is 1. The lowest BCUT2D eigenvalue weighted by Crippen LogP contribution is -2.39. The van der Waals surface area contributed by atoms with E-state index in [2.05, 4.69) is 5.32 Å². The molecule has 0 saturated carbocycles. The minimum atomic E-state index is -0.969. The Hall–Kier alpha value is -0.710. The number of rotatable bonds is 5. The summed E-state index contributed by atoms with van der Waals surface area (Å²) in [6, 6.07) is -0.762. The molecule has 0 aliphatic rings. The predicted molar refractivity (Wildman–Crippen MR) is 57.5 cm³/mol. The Kier molecular flexibility index (Phi) is 6.36. The average Bonchev–Trinajstić information content (AvgIpc) is 2.02. The first-order valence-corrected chi connectivity index (χ1v) is 5.62. The molecule has 0 spiro atoms. The van der Waals surface area contributed by atoms with Crippen molar-refractivity contribution in [2.45, 2.75) is 33.2 Å². The third kappa shape index (κ3) is 5.85. The minimum absolute atomic E-state index is 0.253. The summed E-state index contributed by atoms with van der Waals surface area (Å²) >= 11 is 1.09. The highest BCUT2D eigenvalue weighted by atomic mass is 32.2. The van der Waals surface area contributed by atoms with Crippen LogP contribution in [0.3, 0.4) is 0 Å². The van der Waals surface area contributed by atoms with Gasteiger partial charge < -0.3 is 10.4 Å². The summed E-state index contributed by atoms with van der Waals surface area (Å²) in [4.78, 5) is 21.9. The van der Waals surface area contributed by atoms with Crippen LogP contribution in [-0.2, 0) is 4.79 Å². The lowest BCUT2D eigenvalue weighted by atomic mass is 10.0. The van der Waals surface area contributed by atoms with Gasteiger partial charge in [-0.3, -0.25) is 4.79 Å². The second-order valence-corrected chi connectivity index (χ2v) is 4.62. The van der Waals surface area contributed by atoms with Gasteiger partial charge in [-0.15, -0.1) is 0 Å². The normalized spacial score (nSPS) is 12.6. The van der Waals surface area contributed by atoms with Crippen molar-refractivity contribution in [1.29, 1.82) is 0 Å². The van der Waals surface area contributed by atoms with Crippen molar-refractivity contribution in [2.24, 2.45) is 5.92 Å². The van der Waals surface area contributed by atoms with Crippen LogP contribution in [-0.4, -0.2) is 28.1 Å². The maximum Gasteiger partial charge on any atom is 0.326 e. The van der Waals surface area contributed by atoms with Crippen molar-refractivity contribution >= 4 is 23.0 Å². The van der Waals surface area contributed by atoms with E-state index in [4.69, 9.17) is 5.11 Å². The molecule has 14 heavy (non-hydrogen) atoms. The molecular formula is C9H17NO3S. The van der Waals surface area contributed by atoms with E-state index in [1.807, 2.05) is 20.8 Å². The fourth-order valence-electron chi connectivity index (χ4n) is 1.01. The van der Waals surface area contributed by atoms with Crippen LogP contribution in [0.2, 0.25) is 0 Å². The molecule has 1 atom stereocenters. The zero-order valence-electron chi connectivity index (χ0n) is 8.74. The number of carbonyl (C=O) groups is 2. The second-order valence-electron chi connectivity index (χ2n) is 3.39. The monoisotopic (exact) mass is 219 g/mol. The zero-order valence-corrected chi connectivity index (χ0v) is 9.56. The van der Waals surface area contributed by atoms with Crippen LogP contribution in [0.4, 0.5) is 4.79 Å². The van der Waals surface area contributed by atoms with Gasteiger partial charge >= 0.3 is 5.97 Å². The Balaban J connectivity index is 4.09. The first-order chi connectivity index (χ1) is 6.47. The molecule has 0 fully saturated rings. The average molecular weight is 219 g/mol. The van der Waals surface area contributed by atoms with E-state index in [0.717, 1.165) is 11.8 Å². The van der Waals surface area contributed by atoms with Crippen molar-refractivity contribution in [3.05, 3.63) is 0 Å². The third-order valence-electron chi connectivity index (χ3n) is 1.57. The Bertz CT molecular complexity index is 206. The van der Waals surface area contributed by atoms with E-state index in [1.165, 1.54) is 0 Å². The molecule has 0 aromatic carbocycles. The van der Waals surface area contributed by atoms with E-state index < -0.39 is 12.0 Å². The van der Waals surface area contributed by atoms with E-state index in [1.54, 1.807) is 0 Å². The highest BCUT2D eigenvalue weighted by molar-refractivity contribution is 8.13. The van der Waals surface area contributed by atoms with E-state index >= 15 is 0 Å². The maximum absolute atomic E-state index is 11.1. The molecule has 0 heterocycles. The number of amides is 1. The molecule has 1 amide bonds. The van der Waals surface area contributed by atoms with Gasteiger partial charge in [0.05, 0.1) is 0 Å². The summed E-state index contributed by atoms with van der Waals surface area (Å²) in [7, 11) is 0. The zero-order chi connectivity index (χ0) is 11.1. The van der Waals surface area contributed by atoms with E-state index in [0.29, 0.717) is 12.2 Å². The highest BCUT2D eigenvalue weighted by Crippen LogP contribution is 2.07. The molecule has 0 aromatic rings. The second kappa shape index (κ2) is 6.70. The van der Waals surface area contributed by atoms with Gasteiger partial charge in [0.2, 0.25) is 0 Å². The van der Waals surface area contributed by atoms with Crippen molar-refractivity contribution < 1.29 is 14.7 Å². The summed E-state index contributed by atoms with van der Waals surface area (Å²) < 4.78 is 0. The predicted octanol–water partition coefficient (Wildman–Crippen LogP) is 1.95. The molecule has 0 bridgehead atoms. The number of carboxylic acids is 1. The number of aliphatic carboxylic acids is 1. The summed E-state index contributed by atoms with van der Waals surface area (Å²) in [5, 5.41) is 11.0. The van der Waals surface area contributed by atoms with Crippen LogP contribution in [0.25, 0.3) is 0 Å². The van der Waals surface area contributed by atoms with Gasteiger partial charge in [-0.1, -0.05) is 32.5 Å². The number of nitrogens with one attached hydrogen (secondary N) is 1. The van der Waals surface area contributed by atoms with Crippen molar-refractivity contribution in [1.82, 2.24) is 5.32 Å². The van der Waals surface area contributed by atoms with Crippen molar-refractivity contribution in [3.8, 4) is 0 Å². The van der Waals surface area contributed by atoms with Crippen LogP contribution >= 0.6 is 11.8 Å². The molecule has 4 nitrogen and oxygen atoms in total. The molecule has 0 saturated heterocycles. The van der Waals surface area contributed by atoms with Gasteiger partial charge in [0, 0.05) is 0 Å². The molecule has 0 unspecified atom stereocenters. The fraction of sp³-hybridized carbons (Fsp3) is 0.778. The van der Waals surface area contributed by atoms with Gasteiger partial charge in [0.1, 0.15) is 6.04 Å². The molecule has 0 radical (unpaired) electrons. The maximum atomic E-state index is 11.1. The summed E-state index contributed by atoms with van der Waals surface area (Å²) in [5.41, 5.74) is 0. The van der Waals surface area contributed by atoms with Crippen LogP contribution in [0.5, 0.6) is 0 Å². The van der Waals surface area contributed by atoms with Crippen molar-refractivity contribution in [3.63, 3.8) is 0 Å². The molecule has 0 aliphatic carbocycles. The van der Waals surface area contributed by atoms with Crippen LogP contribution < -0.4 is 5.32 Å². The third-order valence-corrected chi connectivity index (χ3v) is 2.24. The number of hydrogen-bond donors (Lipinski definition) is 2. The van der Waals surface area contributed by atoms with Crippen LogP contribution in [0.1, 0.15) is 27.2 Å². The topological polar surface area (TPSA) is 66.4 Å². The fourth-order valence-corrected chi connectivity index (χ4v) is 1.50. The van der Waals surface area contributed by atoms with Gasteiger partial charge in [0.25, 0.3) is 5.24 Å². The smallest absolute Gasteiger partial charge is 0.326 e. The first kappa shape index (κ1) is 13.3. The van der Waals surface area contributed by atoms with E-state index in [-0.39, 0.29) is 11.2 Å². The van der Waals surface area contributed by atoms with Gasteiger partial charge in [0.15, 0.2) is 0 Å². The standard InChI is InChI=1S/C9H17NO3S/c1-4-14-9(13)10-7(8(11)12)5-6(2)3/h6-7H,4-5H2,1-3H3,(H,10,13)(H,11,12)/t7-/m0/s1. The molecule has 0 rings (SSSR count). The number of carbonyl (C=O) groups excluding carboxylic acids is 1. The van der Waals surface area contributed by atoms with Gasteiger partial charge in [-0.2, -0.15) is 0 Å². The Morgan fingerprint density at radius 2 is 2.00 bits per heavy atom. The SMILES string of the molecule is CCSC(=O)N[C@@H](CC(C)C)C(=O)O. The first-order valence-electron chi connectivity index (χ1n) is 4.63. The quantitative estimate of drug-likeness (QED) is 0.741. The Morgan fingerprint density at radius 3 is 2.36 bits per heavy atom.